The summed E-state index contributed by atoms with van der Waals surface area (Å²) in [6.45, 7) is 0.401. The predicted octanol–water partition coefficient (Wildman–Crippen LogP) is 6.47. The molecule has 4 aromatic carbocycles. The Morgan fingerprint density at radius 3 is 2.25 bits per heavy atom. The highest BCUT2D eigenvalue weighted by Gasteiger charge is 2.31. The van der Waals surface area contributed by atoms with Crippen LogP contribution in [0.5, 0.6) is 5.75 Å². The van der Waals surface area contributed by atoms with Crippen molar-refractivity contribution in [1.29, 1.82) is 0 Å². The molecule has 1 aliphatic carbocycles. The molecule has 0 saturated heterocycles. The Kier molecular flexibility index (Phi) is 10.0. The van der Waals surface area contributed by atoms with Crippen molar-refractivity contribution in [2.45, 2.75) is 31.7 Å². The summed E-state index contributed by atoms with van der Waals surface area (Å²) >= 11 is 0. The number of carbonyl (C=O) groups is 3. The van der Waals surface area contributed by atoms with Gasteiger partial charge < -0.3 is 19.7 Å². The first kappa shape index (κ1) is 30.5. The summed E-state index contributed by atoms with van der Waals surface area (Å²) in [4.78, 5) is 40.5. The second kappa shape index (κ2) is 14.5. The van der Waals surface area contributed by atoms with Crippen molar-refractivity contribution >= 4 is 29.0 Å². The van der Waals surface area contributed by atoms with Gasteiger partial charge in [0.05, 0.1) is 19.3 Å². The molecule has 4 aromatic rings. The number of esters is 1. The minimum Gasteiger partial charge on any atom is -0.492 e. The maximum Gasteiger partial charge on any atom is 0.328 e. The molecule has 0 aromatic heterocycles. The number of halogens is 1. The summed E-state index contributed by atoms with van der Waals surface area (Å²) in [5, 5.41) is 3.21. The van der Waals surface area contributed by atoms with Gasteiger partial charge in [0.25, 0.3) is 0 Å². The van der Waals surface area contributed by atoms with Crippen molar-refractivity contribution in [3.05, 3.63) is 126 Å². The Balaban J connectivity index is 1.23. The van der Waals surface area contributed by atoms with Crippen LogP contribution in [-0.2, 0) is 20.7 Å². The van der Waals surface area contributed by atoms with E-state index in [1.165, 1.54) is 18.1 Å². The normalized spacial score (nSPS) is 13.3. The van der Waals surface area contributed by atoms with Crippen LogP contribution in [0.4, 0.5) is 15.8 Å². The third kappa shape index (κ3) is 7.32. The number of nitrogens with one attached hydrogen (secondary N) is 1. The molecular weight excluding hydrogens is 559 g/mol. The molecule has 0 aliphatic heterocycles. The van der Waals surface area contributed by atoms with E-state index in [-0.39, 0.29) is 36.4 Å². The van der Waals surface area contributed by atoms with Gasteiger partial charge in [0.15, 0.2) is 5.78 Å². The minimum absolute atomic E-state index is 0.0753. The Hall–Kier alpha value is -4.98. The van der Waals surface area contributed by atoms with Crippen molar-refractivity contribution in [2.24, 2.45) is 5.92 Å². The Bertz CT molecular complexity index is 1590. The van der Waals surface area contributed by atoms with Gasteiger partial charge in [-0.3, -0.25) is 9.59 Å². The lowest BCUT2D eigenvalue weighted by Crippen LogP contribution is -2.41. The number of anilines is 2. The fraction of sp³-hybridized carbons (Fsp3) is 0.250. The van der Waals surface area contributed by atoms with Gasteiger partial charge in [0.1, 0.15) is 24.2 Å². The number of methoxy groups -OCH3 is 1. The number of carbonyl (C=O) groups excluding carboxylic acids is 3. The first-order chi connectivity index (χ1) is 21.4. The number of nitrogens with zero attached hydrogens (tertiary/aromatic N) is 1. The molecule has 7 nitrogen and oxygen atoms in total. The fourth-order valence-corrected chi connectivity index (χ4v) is 5.18. The molecule has 1 atom stereocenters. The summed E-state index contributed by atoms with van der Waals surface area (Å²) < 4.78 is 25.5. The van der Waals surface area contributed by atoms with Crippen molar-refractivity contribution in [2.75, 3.05) is 30.5 Å². The first-order valence-electron chi connectivity index (χ1n) is 14.8. The third-order valence-corrected chi connectivity index (χ3v) is 7.83. The molecular formula is C36H35FN2O5. The highest BCUT2D eigenvalue weighted by molar-refractivity contribution is 6.12. The molecule has 5 rings (SSSR count). The number of ether oxygens (including phenoxy) is 2. The molecule has 0 unspecified atom stereocenters. The zero-order valence-electron chi connectivity index (χ0n) is 24.6. The van der Waals surface area contributed by atoms with E-state index in [0.717, 1.165) is 24.8 Å². The maximum atomic E-state index is 14.6. The third-order valence-electron chi connectivity index (χ3n) is 7.83. The average molecular weight is 595 g/mol. The number of benzene rings is 4. The van der Waals surface area contributed by atoms with Crippen LogP contribution in [0, 0.1) is 11.7 Å². The second-order valence-corrected chi connectivity index (χ2v) is 10.7. The second-order valence-electron chi connectivity index (χ2n) is 10.7. The molecule has 0 bridgehead atoms. The van der Waals surface area contributed by atoms with Crippen LogP contribution >= 0.6 is 0 Å². The quantitative estimate of drug-likeness (QED) is 0.141. The fourth-order valence-electron chi connectivity index (χ4n) is 5.18. The predicted molar refractivity (Wildman–Crippen MR) is 167 cm³/mol. The topological polar surface area (TPSA) is 84.9 Å². The largest absolute Gasteiger partial charge is 0.492 e. The Morgan fingerprint density at radius 2 is 1.57 bits per heavy atom. The molecule has 0 radical (unpaired) electrons. The molecule has 1 saturated carbocycles. The smallest absolute Gasteiger partial charge is 0.328 e. The van der Waals surface area contributed by atoms with Crippen LogP contribution in [0.1, 0.15) is 40.7 Å². The van der Waals surface area contributed by atoms with E-state index in [1.54, 1.807) is 66.7 Å². The molecule has 1 N–H and O–H groups in total. The minimum atomic E-state index is -0.747. The van der Waals surface area contributed by atoms with Crippen molar-refractivity contribution in [3.8, 4) is 5.75 Å². The summed E-state index contributed by atoms with van der Waals surface area (Å²) in [6, 6.07) is 28.9. The number of hydrogen-bond acceptors (Lipinski definition) is 6. The van der Waals surface area contributed by atoms with Crippen molar-refractivity contribution in [1.82, 2.24) is 0 Å². The van der Waals surface area contributed by atoms with Crippen LogP contribution in [0.2, 0.25) is 0 Å². The van der Waals surface area contributed by atoms with E-state index in [4.69, 9.17) is 9.47 Å². The monoisotopic (exact) mass is 594 g/mol. The molecule has 44 heavy (non-hydrogen) atoms. The van der Waals surface area contributed by atoms with E-state index >= 15 is 0 Å². The van der Waals surface area contributed by atoms with Gasteiger partial charge in [0, 0.05) is 29.2 Å². The summed E-state index contributed by atoms with van der Waals surface area (Å²) in [6.07, 6.45) is 2.96. The Labute approximate surface area is 256 Å². The number of para-hydroxylation sites is 2. The van der Waals surface area contributed by atoms with Crippen LogP contribution in [0.3, 0.4) is 0 Å². The zero-order valence-corrected chi connectivity index (χ0v) is 24.6. The first-order valence-corrected chi connectivity index (χ1v) is 14.8. The van der Waals surface area contributed by atoms with E-state index in [9.17, 15) is 18.8 Å². The van der Waals surface area contributed by atoms with Gasteiger partial charge in [-0.25, -0.2) is 9.18 Å². The molecule has 226 valence electrons. The number of amides is 1. The Morgan fingerprint density at radius 1 is 0.886 bits per heavy atom. The summed E-state index contributed by atoms with van der Waals surface area (Å²) in [7, 11) is 1.33. The number of hydrogen-bond donors (Lipinski definition) is 1. The van der Waals surface area contributed by atoms with Gasteiger partial charge >= 0.3 is 5.97 Å². The summed E-state index contributed by atoms with van der Waals surface area (Å²) in [5.41, 5.74) is 2.65. The van der Waals surface area contributed by atoms with Gasteiger partial charge in [-0.05, 0) is 54.8 Å². The van der Waals surface area contributed by atoms with Gasteiger partial charge in [0.2, 0.25) is 5.91 Å². The zero-order chi connectivity index (χ0) is 30.9. The standard InChI is InChI=1S/C36H35FN2O5/c1-43-36(42)32(38-31-16-7-5-14-29(31)34(40)26-10-3-2-4-11-26)24-25-18-20-28(21-19-25)44-23-22-39(35(41)27-12-9-13-27)33-17-8-6-15-30(33)37/h2-8,10-11,14-21,27,32,38H,9,12-13,22-24H2,1H3/t32-/m0/s1. The molecule has 8 heteroatoms. The van der Waals surface area contributed by atoms with E-state index in [2.05, 4.69) is 5.32 Å². The van der Waals surface area contributed by atoms with E-state index in [0.29, 0.717) is 29.0 Å². The highest BCUT2D eigenvalue weighted by Crippen LogP contribution is 2.31. The van der Waals surface area contributed by atoms with Crippen LogP contribution in [-0.4, -0.2) is 44.0 Å². The lowest BCUT2D eigenvalue weighted by molar-refractivity contribution is -0.141. The highest BCUT2D eigenvalue weighted by atomic mass is 19.1. The molecule has 1 amide bonds. The van der Waals surface area contributed by atoms with Crippen LogP contribution in [0.15, 0.2) is 103 Å². The van der Waals surface area contributed by atoms with Crippen molar-refractivity contribution < 1.29 is 28.2 Å². The lowest BCUT2D eigenvalue weighted by Gasteiger charge is -2.31. The van der Waals surface area contributed by atoms with Crippen molar-refractivity contribution in [3.63, 3.8) is 0 Å². The SMILES string of the molecule is COC(=O)[C@H](Cc1ccc(OCCN(C(=O)C2CCC2)c2ccccc2F)cc1)Nc1ccccc1C(=O)c1ccccc1. The summed E-state index contributed by atoms with van der Waals surface area (Å²) in [5.74, 6) is -0.620. The van der Waals surface area contributed by atoms with Crippen LogP contribution in [0.25, 0.3) is 0 Å². The maximum absolute atomic E-state index is 14.6. The number of ketones is 1. The average Bonchev–Trinajstić information content (AvgIpc) is 3.03. The van der Waals surface area contributed by atoms with Gasteiger partial charge in [-0.1, -0.05) is 73.2 Å². The molecule has 1 aliphatic rings. The number of rotatable bonds is 13. The van der Waals surface area contributed by atoms with Gasteiger partial charge in [-0.15, -0.1) is 0 Å². The molecule has 0 spiro atoms. The van der Waals surface area contributed by atoms with E-state index in [1.807, 2.05) is 30.3 Å². The lowest BCUT2D eigenvalue weighted by atomic mass is 9.84. The van der Waals surface area contributed by atoms with Gasteiger partial charge in [-0.2, -0.15) is 0 Å². The van der Waals surface area contributed by atoms with E-state index < -0.39 is 17.8 Å². The molecule has 1 fully saturated rings. The van der Waals surface area contributed by atoms with Crippen LogP contribution < -0.4 is 15.0 Å². The molecule has 0 heterocycles.